The third kappa shape index (κ3) is 47.2. The van der Waals surface area contributed by atoms with Gasteiger partial charge in [-0.2, -0.15) is 0 Å². The summed E-state index contributed by atoms with van der Waals surface area (Å²) in [5.41, 5.74) is 0. The molecule has 0 heterocycles. The molecule has 0 spiro atoms. The highest BCUT2D eigenvalue weighted by molar-refractivity contribution is 7.45. The van der Waals surface area contributed by atoms with E-state index in [1.165, 1.54) is 103 Å². The van der Waals surface area contributed by atoms with Crippen LogP contribution in [0.4, 0.5) is 0 Å². The molecular formula is C52H94NO8P. The average molecular weight is 892 g/mol. The molecule has 9 nitrogen and oxygen atoms in total. The lowest BCUT2D eigenvalue weighted by Crippen LogP contribution is -2.37. The summed E-state index contributed by atoms with van der Waals surface area (Å²) < 4.78 is 34.0. The predicted octanol–water partition coefficient (Wildman–Crippen LogP) is 14.2. The smallest absolute Gasteiger partial charge is 0.306 e. The molecule has 0 rings (SSSR count). The largest absolute Gasteiger partial charge is 0.756 e. The van der Waals surface area contributed by atoms with Crippen molar-refractivity contribution in [2.24, 2.45) is 0 Å². The summed E-state index contributed by atoms with van der Waals surface area (Å²) in [6.45, 7) is 4.13. The Balaban J connectivity index is 4.31. The number of carbonyl (C=O) groups excluding carboxylic acids is 2. The molecule has 360 valence electrons. The lowest BCUT2D eigenvalue weighted by Gasteiger charge is -2.28. The molecule has 0 fully saturated rings. The number of hydrogen-bond donors (Lipinski definition) is 0. The molecule has 0 N–H and O–H groups in total. The number of hydrogen-bond acceptors (Lipinski definition) is 8. The van der Waals surface area contributed by atoms with E-state index in [4.69, 9.17) is 18.5 Å². The summed E-state index contributed by atoms with van der Waals surface area (Å²) in [4.78, 5) is 37.7. The summed E-state index contributed by atoms with van der Waals surface area (Å²) >= 11 is 0. The Labute approximate surface area is 381 Å². The maximum Gasteiger partial charge on any atom is 0.306 e. The molecule has 10 heteroatoms. The SMILES string of the molecule is CCC/C=C/C/C=C/C/C=C/C/C=C/CCCCCC(=O)OC[C@H](COP(=O)([O-])OCC[N+](C)(C)C)OC(=O)CCCCCCCCCCCCC/C=C/CCCCCCCC. The van der Waals surface area contributed by atoms with Crippen molar-refractivity contribution in [1.29, 1.82) is 0 Å². The monoisotopic (exact) mass is 892 g/mol. The first-order chi connectivity index (χ1) is 30.0. The minimum atomic E-state index is -4.64. The maximum atomic E-state index is 12.7. The number of ether oxygens (including phenoxy) is 2. The number of phosphoric acid groups is 1. The van der Waals surface area contributed by atoms with Gasteiger partial charge in [0.05, 0.1) is 27.7 Å². The van der Waals surface area contributed by atoms with E-state index in [0.29, 0.717) is 23.9 Å². The van der Waals surface area contributed by atoms with Gasteiger partial charge >= 0.3 is 11.9 Å². The third-order valence-electron chi connectivity index (χ3n) is 10.5. The highest BCUT2D eigenvalue weighted by Gasteiger charge is 2.21. The molecule has 0 aromatic heterocycles. The van der Waals surface area contributed by atoms with Crippen molar-refractivity contribution in [3.05, 3.63) is 60.8 Å². The van der Waals surface area contributed by atoms with Crippen LogP contribution in [-0.4, -0.2) is 70.0 Å². The zero-order valence-corrected chi connectivity index (χ0v) is 41.4. The number of phosphoric ester groups is 1. The molecule has 0 amide bonds. The number of esters is 2. The summed E-state index contributed by atoms with van der Waals surface area (Å²) in [6, 6.07) is 0. The van der Waals surface area contributed by atoms with Crippen molar-refractivity contribution in [2.45, 2.75) is 213 Å². The number of quaternary nitrogens is 1. The van der Waals surface area contributed by atoms with Crippen molar-refractivity contribution in [3.63, 3.8) is 0 Å². The van der Waals surface area contributed by atoms with Crippen LogP contribution in [0, 0.1) is 0 Å². The highest BCUT2D eigenvalue weighted by atomic mass is 31.2. The Morgan fingerprint density at radius 3 is 1.39 bits per heavy atom. The Hall–Kier alpha value is -2.29. The highest BCUT2D eigenvalue weighted by Crippen LogP contribution is 2.38. The molecule has 0 aliphatic rings. The first-order valence-electron chi connectivity index (χ1n) is 25.0. The van der Waals surface area contributed by atoms with Crippen LogP contribution in [-0.2, 0) is 32.7 Å². The van der Waals surface area contributed by atoms with Crippen LogP contribution < -0.4 is 4.89 Å². The van der Waals surface area contributed by atoms with E-state index in [1.807, 2.05) is 21.1 Å². The Morgan fingerprint density at radius 2 is 0.903 bits per heavy atom. The molecule has 0 radical (unpaired) electrons. The van der Waals surface area contributed by atoms with Gasteiger partial charge in [0.1, 0.15) is 19.8 Å². The van der Waals surface area contributed by atoms with Crippen molar-refractivity contribution in [1.82, 2.24) is 0 Å². The number of nitrogens with zero attached hydrogens (tertiary/aromatic N) is 1. The lowest BCUT2D eigenvalue weighted by atomic mass is 10.0. The van der Waals surface area contributed by atoms with Gasteiger partial charge in [-0.3, -0.25) is 14.2 Å². The molecule has 0 aromatic rings. The number of unbranched alkanes of at least 4 members (excludes halogenated alkanes) is 21. The van der Waals surface area contributed by atoms with Crippen LogP contribution in [0.25, 0.3) is 0 Å². The van der Waals surface area contributed by atoms with E-state index in [2.05, 4.69) is 74.6 Å². The van der Waals surface area contributed by atoms with Gasteiger partial charge in [0.2, 0.25) is 0 Å². The van der Waals surface area contributed by atoms with Crippen LogP contribution in [0.15, 0.2) is 60.8 Å². The Kier molecular flexibility index (Phi) is 42.3. The summed E-state index contributed by atoms with van der Waals surface area (Å²) in [7, 11) is 1.14. The van der Waals surface area contributed by atoms with E-state index < -0.39 is 32.5 Å². The molecule has 62 heavy (non-hydrogen) atoms. The van der Waals surface area contributed by atoms with Crippen LogP contribution in [0.2, 0.25) is 0 Å². The van der Waals surface area contributed by atoms with Gasteiger partial charge in [0.25, 0.3) is 7.82 Å². The van der Waals surface area contributed by atoms with Crippen molar-refractivity contribution in [2.75, 3.05) is 47.5 Å². The Bertz CT molecular complexity index is 1240. The fourth-order valence-electron chi connectivity index (χ4n) is 6.58. The van der Waals surface area contributed by atoms with Gasteiger partial charge in [0, 0.05) is 12.8 Å². The summed E-state index contributed by atoms with van der Waals surface area (Å²) in [6.07, 6.45) is 53.9. The fourth-order valence-corrected chi connectivity index (χ4v) is 7.31. The first-order valence-corrected chi connectivity index (χ1v) is 26.5. The predicted molar refractivity (Wildman–Crippen MR) is 259 cm³/mol. The molecule has 0 aliphatic heterocycles. The van der Waals surface area contributed by atoms with E-state index in [9.17, 15) is 19.0 Å². The normalized spacial score (nSPS) is 14.0. The molecule has 0 saturated carbocycles. The van der Waals surface area contributed by atoms with Gasteiger partial charge in [0.15, 0.2) is 6.10 Å². The third-order valence-corrected chi connectivity index (χ3v) is 11.5. The minimum absolute atomic E-state index is 0.0382. The Morgan fingerprint density at radius 1 is 0.500 bits per heavy atom. The average Bonchev–Trinajstić information content (AvgIpc) is 3.23. The standard InChI is InChI=1S/C52H94NO8P/c1-6-8-10-12-14-16-18-20-22-24-25-26-27-29-31-33-35-37-39-41-43-45-52(55)61-50(49-60-62(56,57)59-47-46-53(3,4)5)48-58-51(54)44-42-40-38-36-34-32-30-28-23-21-19-17-15-13-11-9-7-2/h11,13,17,19-20,22-23,28,32,34,50H,6-10,12,14-16,18,21,24-27,29-31,33,35-49H2,1-5H3/b13-11+,19-17+,22-20+,28-23+,34-32+/t50-/m1/s1. The molecule has 0 bridgehead atoms. The zero-order chi connectivity index (χ0) is 45.7. The second-order valence-electron chi connectivity index (χ2n) is 17.8. The van der Waals surface area contributed by atoms with E-state index in [0.717, 1.165) is 64.2 Å². The van der Waals surface area contributed by atoms with Gasteiger partial charge in [-0.05, 0) is 77.0 Å². The van der Waals surface area contributed by atoms with Gasteiger partial charge in [-0.1, -0.05) is 177 Å². The van der Waals surface area contributed by atoms with Gasteiger partial charge < -0.3 is 27.9 Å². The van der Waals surface area contributed by atoms with E-state index >= 15 is 0 Å². The second-order valence-corrected chi connectivity index (χ2v) is 19.2. The van der Waals surface area contributed by atoms with Crippen LogP contribution in [0.5, 0.6) is 0 Å². The number of carbonyl (C=O) groups is 2. The van der Waals surface area contributed by atoms with Crippen molar-refractivity contribution < 1.29 is 42.1 Å². The molecule has 2 atom stereocenters. The topological polar surface area (TPSA) is 111 Å². The summed E-state index contributed by atoms with van der Waals surface area (Å²) in [5.74, 6) is -0.870. The number of allylic oxidation sites excluding steroid dienone is 10. The van der Waals surface area contributed by atoms with Gasteiger partial charge in [-0.25, -0.2) is 0 Å². The van der Waals surface area contributed by atoms with E-state index in [1.54, 1.807) is 0 Å². The molecule has 0 saturated heterocycles. The fraction of sp³-hybridized carbons (Fsp3) is 0.769. The molecule has 1 unspecified atom stereocenters. The minimum Gasteiger partial charge on any atom is -0.756 e. The zero-order valence-electron chi connectivity index (χ0n) is 40.6. The molecule has 0 aromatic carbocycles. The number of likely N-dealkylation sites (N-methyl/N-ethyl adjacent to an activating group) is 1. The second kappa shape index (κ2) is 43.9. The lowest BCUT2D eigenvalue weighted by molar-refractivity contribution is -0.870. The molecular weight excluding hydrogens is 798 g/mol. The molecule has 0 aliphatic carbocycles. The summed E-state index contributed by atoms with van der Waals surface area (Å²) in [5, 5.41) is 0. The van der Waals surface area contributed by atoms with Gasteiger partial charge in [-0.15, -0.1) is 0 Å². The van der Waals surface area contributed by atoms with Crippen LogP contribution in [0.1, 0.15) is 206 Å². The van der Waals surface area contributed by atoms with Crippen molar-refractivity contribution in [3.8, 4) is 0 Å². The number of rotatable bonds is 45. The van der Waals surface area contributed by atoms with Crippen LogP contribution >= 0.6 is 7.82 Å². The quantitative estimate of drug-likeness (QED) is 0.0195. The first kappa shape index (κ1) is 59.7. The van der Waals surface area contributed by atoms with Crippen molar-refractivity contribution >= 4 is 19.8 Å². The van der Waals surface area contributed by atoms with E-state index in [-0.39, 0.29) is 26.1 Å². The maximum absolute atomic E-state index is 12.7. The van der Waals surface area contributed by atoms with Crippen LogP contribution in [0.3, 0.4) is 0 Å².